The van der Waals surface area contributed by atoms with Gasteiger partial charge in [0.05, 0.1) is 17.4 Å². The van der Waals surface area contributed by atoms with Crippen LogP contribution >= 0.6 is 0 Å². The number of nitrogens with one attached hydrogen (secondary N) is 1. The number of aromatic nitrogens is 5. The number of fused-ring (bicyclic) bond motifs is 1. The van der Waals surface area contributed by atoms with Crippen LogP contribution in [0, 0.1) is 13.8 Å². The van der Waals surface area contributed by atoms with Crippen LogP contribution in [0.5, 0.6) is 5.75 Å². The maximum Gasteiger partial charge on any atom is 0.215 e. The van der Waals surface area contributed by atoms with E-state index in [1.807, 2.05) is 55.3 Å². The Balaban J connectivity index is 1.33. The highest BCUT2D eigenvalue weighted by atomic mass is 16.6. The molecule has 0 radical (unpaired) electrons. The Bertz CT molecular complexity index is 1310. The van der Waals surface area contributed by atoms with Crippen LogP contribution in [0.15, 0.2) is 42.7 Å². The van der Waals surface area contributed by atoms with Gasteiger partial charge in [0.15, 0.2) is 6.23 Å². The van der Waals surface area contributed by atoms with Gasteiger partial charge in [-0.3, -0.25) is 15.7 Å². The van der Waals surface area contributed by atoms with E-state index < -0.39 is 12.6 Å². The first-order valence-electron chi connectivity index (χ1n) is 11.8. The number of piperazine rings is 1. The van der Waals surface area contributed by atoms with E-state index >= 15 is 0 Å². The van der Waals surface area contributed by atoms with Crippen LogP contribution in [0.25, 0.3) is 22.2 Å². The lowest BCUT2D eigenvalue weighted by molar-refractivity contribution is -0.177. The molecule has 4 heterocycles. The lowest BCUT2D eigenvalue weighted by Crippen LogP contribution is -2.51. The molecule has 0 spiro atoms. The molecule has 4 N–H and O–H groups in total. The molecule has 11 nitrogen and oxygen atoms in total. The van der Waals surface area contributed by atoms with Gasteiger partial charge in [0.25, 0.3) is 0 Å². The van der Waals surface area contributed by atoms with E-state index in [-0.39, 0.29) is 0 Å². The minimum Gasteiger partial charge on any atom is -0.471 e. The topological polar surface area (TPSA) is 139 Å². The number of methoxy groups -OCH3 is 1. The number of aryl methyl sites for hydroxylation is 2. The van der Waals surface area contributed by atoms with Crippen LogP contribution in [-0.4, -0.2) is 75.1 Å². The molecule has 1 aromatic carbocycles. The Morgan fingerprint density at radius 2 is 1.89 bits per heavy atom. The number of benzene rings is 1. The highest BCUT2D eigenvalue weighted by Gasteiger charge is 2.23. The molecule has 4 aromatic rings. The summed E-state index contributed by atoms with van der Waals surface area (Å²) < 4.78 is 11.1. The van der Waals surface area contributed by atoms with Gasteiger partial charge in [-0.15, -0.1) is 0 Å². The number of anilines is 1. The molecule has 3 aromatic heterocycles. The van der Waals surface area contributed by atoms with Gasteiger partial charge in [-0.25, -0.2) is 4.98 Å². The van der Waals surface area contributed by atoms with E-state index in [0.717, 1.165) is 57.9 Å². The molecule has 188 valence electrons. The molecule has 1 unspecified atom stereocenters. The van der Waals surface area contributed by atoms with Gasteiger partial charge in [0, 0.05) is 56.0 Å². The minimum absolute atomic E-state index is 0.633. The Labute approximate surface area is 208 Å². The highest BCUT2D eigenvalue weighted by Crippen LogP contribution is 2.31. The zero-order valence-corrected chi connectivity index (χ0v) is 20.5. The maximum atomic E-state index is 9.86. The van der Waals surface area contributed by atoms with Crippen LogP contribution in [0.3, 0.4) is 0 Å². The third-order valence-corrected chi connectivity index (χ3v) is 6.54. The lowest BCUT2D eigenvalue weighted by atomic mass is 10.1. The molecular weight excluding hydrogens is 460 g/mol. The third-order valence-electron chi connectivity index (χ3n) is 6.54. The van der Waals surface area contributed by atoms with Crippen LogP contribution < -0.4 is 15.4 Å². The molecule has 11 heteroatoms. The van der Waals surface area contributed by atoms with E-state index in [0.29, 0.717) is 18.8 Å². The zero-order chi connectivity index (χ0) is 25.2. The van der Waals surface area contributed by atoms with Crippen LogP contribution in [0.2, 0.25) is 0 Å². The maximum absolute atomic E-state index is 9.86. The molecule has 2 atom stereocenters. The number of H-pyrrole nitrogens is 1. The Morgan fingerprint density at radius 1 is 1.08 bits per heavy atom. The van der Waals surface area contributed by atoms with Crippen molar-refractivity contribution in [2.24, 2.45) is 5.73 Å². The molecule has 0 saturated carbocycles. The standard InChI is InChI=1S/C25H30N8O3/c1-15-13-28-29-16(2)22(15)24(26)36-18-5-6-20-19(12-18)23(31-30-20)17-4-7-21(27-14-17)32-8-10-33(11-9-32)25(34)35-3/h4-7,12-14,24-25,34H,8-11,26H2,1-3H3,(H,30,31)/t24-,25?/m0/s1. The molecule has 5 rings (SSSR count). The summed E-state index contributed by atoms with van der Waals surface area (Å²) in [7, 11) is 1.50. The number of rotatable bonds is 7. The molecule has 1 aliphatic rings. The Hall–Kier alpha value is -3.64. The molecule has 1 fully saturated rings. The first-order chi connectivity index (χ1) is 17.4. The molecule has 1 aliphatic heterocycles. The van der Waals surface area contributed by atoms with Gasteiger partial charge in [0.1, 0.15) is 17.3 Å². The first-order valence-corrected chi connectivity index (χ1v) is 11.8. The molecule has 0 aliphatic carbocycles. The predicted octanol–water partition coefficient (Wildman–Crippen LogP) is 2.11. The second-order valence-corrected chi connectivity index (χ2v) is 8.83. The van der Waals surface area contributed by atoms with E-state index in [9.17, 15) is 5.11 Å². The number of hydrogen-bond acceptors (Lipinski definition) is 10. The number of aromatic amines is 1. The van der Waals surface area contributed by atoms with Crippen molar-refractivity contribution < 1.29 is 14.6 Å². The normalized spacial score (nSPS) is 16.3. The summed E-state index contributed by atoms with van der Waals surface area (Å²) in [6.45, 7) is 6.71. The molecule has 1 saturated heterocycles. The van der Waals surface area contributed by atoms with Gasteiger partial charge in [-0.05, 0) is 49.7 Å². The van der Waals surface area contributed by atoms with Crippen molar-refractivity contribution >= 4 is 16.7 Å². The number of aliphatic hydroxyl groups excluding tert-OH is 1. The molecular formula is C25H30N8O3. The van der Waals surface area contributed by atoms with Crippen LogP contribution in [0.1, 0.15) is 23.0 Å². The summed E-state index contributed by atoms with van der Waals surface area (Å²) in [6.07, 6.45) is 1.98. The fraction of sp³-hybridized carbons (Fsp3) is 0.360. The van der Waals surface area contributed by atoms with Gasteiger partial charge < -0.3 is 19.5 Å². The highest BCUT2D eigenvalue weighted by molar-refractivity contribution is 5.93. The Kier molecular flexibility index (Phi) is 6.79. The van der Waals surface area contributed by atoms with Crippen molar-refractivity contribution in [2.75, 3.05) is 38.2 Å². The van der Waals surface area contributed by atoms with E-state index in [1.54, 1.807) is 6.20 Å². The smallest absolute Gasteiger partial charge is 0.215 e. The average molecular weight is 491 g/mol. The second-order valence-electron chi connectivity index (χ2n) is 8.83. The van der Waals surface area contributed by atoms with E-state index in [4.69, 9.17) is 15.2 Å². The van der Waals surface area contributed by atoms with Gasteiger partial charge in [0.2, 0.25) is 6.41 Å². The van der Waals surface area contributed by atoms with Crippen molar-refractivity contribution in [1.82, 2.24) is 30.3 Å². The monoisotopic (exact) mass is 490 g/mol. The number of pyridine rings is 1. The quantitative estimate of drug-likeness (QED) is 0.330. The first kappa shape index (κ1) is 24.1. The fourth-order valence-corrected chi connectivity index (χ4v) is 4.57. The summed E-state index contributed by atoms with van der Waals surface area (Å²) in [6, 6.07) is 9.74. The largest absolute Gasteiger partial charge is 0.471 e. The molecule has 36 heavy (non-hydrogen) atoms. The Morgan fingerprint density at radius 3 is 2.58 bits per heavy atom. The summed E-state index contributed by atoms with van der Waals surface area (Å²) in [4.78, 5) is 8.76. The minimum atomic E-state index is -0.867. The number of nitrogens with zero attached hydrogens (tertiary/aromatic N) is 6. The number of aliphatic hydroxyl groups is 1. The summed E-state index contributed by atoms with van der Waals surface area (Å²) >= 11 is 0. The van der Waals surface area contributed by atoms with Gasteiger partial charge >= 0.3 is 0 Å². The van der Waals surface area contributed by atoms with Crippen molar-refractivity contribution in [3.8, 4) is 17.0 Å². The van der Waals surface area contributed by atoms with Crippen molar-refractivity contribution in [3.05, 3.63) is 59.5 Å². The number of nitrogens with two attached hydrogens (primary N) is 1. The molecule has 0 amide bonds. The summed E-state index contributed by atoms with van der Waals surface area (Å²) in [5.41, 5.74) is 11.4. The average Bonchev–Trinajstić information content (AvgIpc) is 3.31. The van der Waals surface area contributed by atoms with Gasteiger partial charge in [-0.1, -0.05) is 0 Å². The molecule has 0 bridgehead atoms. The van der Waals surface area contributed by atoms with Crippen molar-refractivity contribution in [2.45, 2.75) is 26.5 Å². The van der Waals surface area contributed by atoms with E-state index in [2.05, 4.69) is 30.3 Å². The number of ether oxygens (including phenoxy) is 2. The fourth-order valence-electron chi connectivity index (χ4n) is 4.57. The van der Waals surface area contributed by atoms with Crippen molar-refractivity contribution in [1.29, 1.82) is 0 Å². The second kappa shape index (κ2) is 10.2. The van der Waals surface area contributed by atoms with Crippen LogP contribution in [0.4, 0.5) is 5.82 Å². The zero-order valence-electron chi connectivity index (χ0n) is 20.5. The predicted molar refractivity (Wildman–Crippen MR) is 135 cm³/mol. The lowest BCUT2D eigenvalue weighted by Gasteiger charge is -2.36. The SMILES string of the molecule is COC(O)N1CCN(c2ccc(-c3n[nH]c4ccc(O[C@H](N)c5c(C)cnnc5C)cc34)cn2)CC1. The van der Waals surface area contributed by atoms with Crippen molar-refractivity contribution in [3.63, 3.8) is 0 Å². The third kappa shape index (κ3) is 4.73. The van der Waals surface area contributed by atoms with Gasteiger partial charge in [-0.2, -0.15) is 15.3 Å². The van der Waals surface area contributed by atoms with Crippen LogP contribution in [-0.2, 0) is 4.74 Å². The number of hydrogen-bond donors (Lipinski definition) is 3. The summed E-state index contributed by atoms with van der Waals surface area (Å²) in [5.74, 6) is 1.52. The summed E-state index contributed by atoms with van der Waals surface area (Å²) in [5, 5.41) is 26.4. The van der Waals surface area contributed by atoms with E-state index in [1.165, 1.54) is 7.11 Å².